The largest absolute Gasteiger partial charge is 0.467 e. The van der Waals surface area contributed by atoms with E-state index in [0.717, 1.165) is 14.6 Å². The predicted octanol–water partition coefficient (Wildman–Crippen LogP) is 4.20. The molecule has 0 aliphatic carbocycles. The quantitative estimate of drug-likeness (QED) is 0.797. The molecule has 0 fully saturated rings. The molecule has 100 valence electrons. The molecule has 2 aromatic rings. The van der Waals surface area contributed by atoms with Crippen LogP contribution in [0.1, 0.15) is 16.1 Å². The molecule has 0 saturated heterocycles. The highest BCUT2D eigenvalue weighted by Gasteiger charge is 2.10. The van der Waals surface area contributed by atoms with Crippen molar-refractivity contribution in [3.8, 4) is 0 Å². The zero-order valence-corrected chi connectivity index (χ0v) is 13.2. The van der Waals surface area contributed by atoms with E-state index in [1.165, 1.54) is 13.4 Å². The maximum atomic E-state index is 11.3. The smallest absolute Gasteiger partial charge is 0.341 e. The van der Waals surface area contributed by atoms with Gasteiger partial charge in [-0.25, -0.2) is 4.79 Å². The molecule has 0 unspecified atom stereocenters. The van der Waals surface area contributed by atoms with Crippen molar-refractivity contribution in [2.75, 3.05) is 12.4 Å². The van der Waals surface area contributed by atoms with Crippen LogP contribution in [0.2, 0.25) is 0 Å². The zero-order valence-electron chi connectivity index (χ0n) is 10.1. The summed E-state index contributed by atoms with van der Waals surface area (Å²) in [4.78, 5) is 11.3. The standard InChI is InChI=1S/C13H11Br2NO3/c1-18-13(17)8-4-10(19-7-8)6-16-12-5-9(14)2-3-11(12)15/h2-5,7,16H,6H2,1H3. The van der Waals surface area contributed by atoms with Crippen LogP contribution in [0.4, 0.5) is 5.69 Å². The maximum Gasteiger partial charge on any atom is 0.341 e. The Kier molecular flexibility index (Phi) is 4.66. The fourth-order valence-electron chi connectivity index (χ4n) is 1.51. The normalized spacial score (nSPS) is 10.3. The van der Waals surface area contributed by atoms with Crippen LogP contribution in [0, 0.1) is 0 Å². The SMILES string of the molecule is COC(=O)c1coc(CNc2cc(Br)ccc2Br)c1. The molecule has 19 heavy (non-hydrogen) atoms. The van der Waals surface area contributed by atoms with Crippen molar-refractivity contribution in [3.05, 3.63) is 50.8 Å². The molecule has 0 bridgehead atoms. The average molecular weight is 389 g/mol. The van der Waals surface area contributed by atoms with Crippen molar-refractivity contribution in [1.82, 2.24) is 0 Å². The Labute approximate surface area is 127 Å². The van der Waals surface area contributed by atoms with Crippen LogP contribution < -0.4 is 5.32 Å². The Hall–Kier alpha value is -1.27. The number of methoxy groups -OCH3 is 1. The van der Waals surface area contributed by atoms with Crippen LogP contribution in [0.5, 0.6) is 0 Å². The molecule has 0 saturated carbocycles. The molecule has 0 atom stereocenters. The van der Waals surface area contributed by atoms with Gasteiger partial charge in [0.25, 0.3) is 0 Å². The summed E-state index contributed by atoms with van der Waals surface area (Å²) in [5.74, 6) is 0.255. The lowest BCUT2D eigenvalue weighted by molar-refractivity contribution is 0.0600. The Morgan fingerprint density at radius 1 is 1.37 bits per heavy atom. The van der Waals surface area contributed by atoms with E-state index in [1.54, 1.807) is 6.07 Å². The van der Waals surface area contributed by atoms with Gasteiger partial charge in [0.1, 0.15) is 12.0 Å². The third-order valence-corrected chi connectivity index (χ3v) is 3.64. The molecule has 0 amide bonds. The summed E-state index contributed by atoms with van der Waals surface area (Å²) in [7, 11) is 1.34. The van der Waals surface area contributed by atoms with E-state index >= 15 is 0 Å². The van der Waals surface area contributed by atoms with Crippen molar-refractivity contribution >= 4 is 43.5 Å². The van der Waals surface area contributed by atoms with E-state index < -0.39 is 5.97 Å². The fraction of sp³-hybridized carbons (Fsp3) is 0.154. The lowest BCUT2D eigenvalue weighted by Gasteiger charge is -2.07. The van der Waals surface area contributed by atoms with Crippen LogP contribution in [0.25, 0.3) is 0 Å². The van der Waals surface area contributed by atoms with Crippen LogP contribution in [0.3, 0.4) is 0 Å². The number of esters is 1. The summed E-state index contributed by atoms with van der Waals surface area (Å²) in [6.07, 6.45) is 1.39. The molecule has 0 radical (unpaired) electrons. The number of ether oxygens (including phenoxy) is 1. The van der Waals surface area contributed by atoms with Crippen molar-refractivity contribution in [2.24, 2.45) is 0 Å². The van der Waals surface area contributed by atoms with Gasteiger partial charge in [0.15, 0.2) is 0 Å². The van der Waals surface area contributed by atoms with E-state index in [4.69, 9.17) is 4.42 Å². The molecule has 4 nitrogen and oxygen atoms in total. The van der Waals surface area contributed by atoms with Gasteiger partial charge < -0.3 is 14.5 Å². The van der Waals surface area contributed by atoms with E-state index in [1.807, 2.05) is 18.2 Å². The first-order chi connectivity index (χ1) is 9.10. The third-order valence-electron chi connectivity index (χ3n) is 2.46. The van der Waals surface area contributed by atoms with Gasteiger partial charge in [0, 0.05) is 14.6 Å². The highest BCUT2D eigenvalue weighted by atomic mass is 79.9. The molecule has 2 rings (SSSR count). The van der Waals surface area contributed by atoms with Gasteiger partial charge in [-0.05, 0) is 40.2 Å². The predicted molar refractivity (Wildman–Crippen MR) is 79.2 cm³/mol. The lowest BCUT2D eigenvalue weighted by Crippen LogP contribution is -2.00. The van der Waals surface area contributed by atoms with Crippen molar-refractivity contribution in [2.45, 2.75) is 6.54 Å². The molecule has 0 aliphatic rings. The number of carbonyl (C=O) groups excluding carboxylic acids is 1. The van der Waals surface area contributed by atoms with Crippen molar-refractivity contribution in [3.63, 3.8) is 0 Å². The fourth-order valence-corrected chi connectivity index (χ4v) is 2.26. The van der Waals surface area contributed by atoms with E-state index in [0.29, 0.717) is 17.9 Å². The molecule has 6 heteroatoms. The van der Waals surface area contributed by atoms with Crippen LogP contribution in [-0.2, 0) is 11.3 Å². The zero-order chi connectivity index (χ0) is 13.8. The molecule has 1 heterocycles. The molecule has 1 aromatic heterocycles. The van der Waals surface area contributed by atoms with Crippen LogP contribution >= 0.6 is 31.9 Å². The number of benzene rings is 1. The maximum absolute atomic E-state index is 11.3. The minimum atomic E-state index is -0.404. The van der Waals surface area contributed by atoms with Gasteiger partial charge in [-0.15, -0.1) is 0 Å². The van der Waals surface area contributed by atoms with Gasteiger partial charge in [-0.2, -0.15) is 0 Å². The molecular formula is C13H11Br2NO3. The van der Waals surface area contributed by atoms with Gasteiger partial charge in [-0.1, -0.05) is 15.9 Å². The molecular weight excluding hydrogens is 378 g/mol. The van der Waals surface area contributed by atoms with Crippen molar-refractivity contribution in [1.29, 1.82) is 0 Å². The third kappa shape index (κ3) is 3.61. The summed E-state index contributed by atoms with van der Waals surface area (Å²) < 4.78 is 11.8. The first-order valence-corrected chi connectivity index (χ1v) is 7.03. The highest BCUT2D eigenvalue weighted by Crippen LogP contribution is 2.26. The second-order valence-corrected chi connectivity index (χ2v) is 5.54. The number of anilines is 1. The van der Waals surface area contributed by atoms with Gasteiger partial charge in [0.2, 0.25) is 0 Å². The minimum absolute atomic E-state index is 0.404. The Balaban J connectivity index is 2.04. The number of nitrogens with one attached hydrogen (secondary N) is 1. The minimum Gasteiger partial charge on any atom is -0.467 e. The summed E-state index contributed by atoms with van der Waals surface area (Å²) >= 11 is 6.87. The lowest BCUT2D eigenvalue weighted by atomic mass is 10.3. The molecule has 1 aromatic carbocycles. The first-order valence-electron chi connectivity index (χ1n) is 5.45. The van der Waals surface area contributed by atoms with Gasteiger partial charge >= 0.3 is 5.97 Å². The van der Waals surface area contributed by atoms with Gasteiger partial charge in [0.05, 0.1) is 19.2 Å². The van der Waals surface area contributed by atoms with Crippen molar-refractivity contribution < 1.29 is 13.9 Å². The topological polar surface area (TPSA) is 51.5 Å². The Morgan fingerprint density at radius 3 is 2.89 bits per heavy atom. The van der Waals surface area contributed by atoms with E-state index in [2.05, 4.69) is 41.9 Å². The van der Waals surface area contributed by atoms with Crippen LogP contribution in [0.15, 0.2) is 43.9 Å². The van der Waals surface area contributed by atoms with Gasteiger partial charge in [-0.3, -0.25) is 0 Å². The van der Waals surface area contributed by atoms with E-state index in [9.17, 15) is 4.79 Å². The molecule has 1 N–H and O–H groups in total. The number of carbonyl (C=O) groups is 1. The summed E-state index contributed by atoms with van der Waals surface area (Å²) in [6, 6.07) is 7.49. The highest BCUT2D eigenvalue weighted by molar-refractivity contribution is 9.11. The number of hydrogen-bond donors (Lipinski definition) is 1. The second-order valence-electron chi connectivity index (χ2n) is 3.77. The first kappa shape index (κ1) is 14.1. The monoisotopic (exact) mass is 387 g/mol. The summed E-state index contributed by atoms with van der Waals surface area (Å²) in [5.41, 5.74) is 1.35. The number of hydrogen-bond acceptors (Lipinski definition) is 4. The Morgan fingerprint density at radius 2 is 2.16 bits per heavy atom. The molecule has 0 spiro atoms. The average Bonchev–Trinajstić information content (AvgIpc) is 2.88. The summed E-state index contributed by atoms with van der Waals surface area (Å²) in [5, 5.41) is 3.22. The number of halogens is 2. The summed E-state index contributed by atoms with van der Waals surface area (Å²) in [6.45, 7) is 0.478. The second kappa shape index (κ2) is 6.25. The van der Waals surface area contributed by atoms with E-state index in [-0.39, 0.29) is 0 Å². The number of rotatable bonds is 4. The molecule has 0 aliphatic heterocycles. The Bertz CT molecular complexity index is 595. The van der Waals surface area contributed by atoms with Crippen LogP contribution in [-0.4, -0.2) is 13.1 Å². The number of furan rings is 1.